The van der Waals surface area contributed by atoms with Crippen LogP contribution in [-0.4, -0.2) is 23.4 Å². The number of hydrogen-bond acceptors (Lipinski definition) is 1. The number of para-hydroxylation sites is 2. The summed E-state index contributed by atoms with van der Waals surface area (Å²) in [5.41, 5.74) is 5.32. The van der Waals surface area contributed by atoms with Gasteiger partial charge in [-0.05, 0) is 37.9 Å². The first-order chi connectivity index (χ1) is 11.2. The van der Waals surface area contributed by atoms with Crippen LogP contribution in [-0.2, 0) is 6.54 Å². The van der Waals surface area contributed by atoms with Crippen LogP contribution in [0, 0.1) is 0 Å². The van der Waals surface area contributed by atoms with E-state index >= 15 is 0 Å². The highest BCUT2D eigenvalue weighted by molar-refractivity contribution is 6.23. The van der Waals surface area contributed by atoms with Crippen LogP contribution in [0.2, 0.25) is 0 Å². The first-order valence-corrected chi connectivity index (χ1v) is 8.04. The number of rotatable bonds is 2. The van der Waals surface area contributed by atoms with Gasteiger partial charge in [0.15, 0.2) is 0 Å². The summed E-state index contributed by atoms with van der Waals surface area (Å²) in [6, 6.07) is 22.3. The number of nitrogens with zero attached hydrogens (tertiary/aromatic N) is 2. The van der Waals surface area contributed by atoms with Crippen molar-refractivity contribution in [1.82, 2.24) is 9.30 Å². The van der Waals surface area contributed by atoms with Gasteiger partial charge in [0, 0.05) is 28.1 Å². The van der Waals surface area contributed by atoms with Gasteiger partial charge in [-0.3, -0.25) is 0 Å². The number of hydrogen-bond donors (Lipinski definition) is 0. The highest BCUT2D eigenvalue weighted by atomic mass is 15.0. The van der Waals surface area contributed by atoms with Crippen molar-refractivity contribution in [3.8, 4) is 0 Å². The van der Waals surface area contributed by atoms with Crippen molar-refractivity contribution in [2.75, 3.05) is 14.1 Å². The van der Waals surface area contributed by atoms with E-state index < -0.39 is 0 Å². The Morgan fingerprint density at radius 1 is 0.739 bits per heavy atom. The minimum atomic E-state index is 0.971. The van der Waals surface area contributed by atoms with Crippen LogP contribution in [0.1, 0.15) is 5.56 Å². The predicted octanol–water partition coefficient (Wildman–Crippen LogP) is 4.90. The highest BCUT2D eigenvalue weighted by Crippen LogP contribution is 2.38. The van der Waals surface area contributed by atoms with Crippen LogP contribution in [0.15, 0.2) is 60.7 Å². The standard InChI is InChI=1S/C21H18N2/c1-22(2)13-14-10-11-20-18(12-14)17-8-5-7-16-15-6-3-4-9-19(15)23(20)21(16)17/h3-12H,13H2,1-2H3. The van der Waals surface area contributed by atoms with Gasteiger partial charge in [0.2, 0.25) is 0 Å². The highest BCUT2D eigenvalue weighted by Gasteiger charge is 2.16. The molecule has 5 rings (SSSR count). The smallest absolute Gasteiger partial charge is 0.0620 e. The lowest BCUT2D eigenvalue weighted by Crippen LogP contribution is -2.10. The summed E-state index contributed by atoms with van der Waals surface area (Å²) in [6.45, 7) is 0.971. The van der Waals surface area contributed by atoms with Crippen molar-refractivity contribution < 1.29 is 0 Å². The summed E-state index contributed by atoms with van der Waals surface area (Å²) < 4.78 is 2.43. The molecule has 0 N–H and O–H groups in total. The second-order valence-corrected chi connectivity index (χ2v) is 6.64. The second kappa shape index (κ2) is 4.46. The van der Waals surface area contributed by atoms with Crippen molar-refractivity contribution >= 4 is 38.1 Å². The molecule has 0 amide bonds. The Morgan fingerprint density at radius 3 is 2.26 bits per heavy atom. The number of aromatic nitrogens is 1. The fraction of sp³-hybridized carbons (Fsp3) is 0.143. The Morgan fingerprint density at radius 2 is 1.43 bits per heavy atom. The van der Waals surface area contributed by atoms with Gasteiger partial charge >= 0.3 is 0 Å². The third kappa shape index (κ3) is 1.67. The molecule has 0 saturated heterocycles. The fourth-order valence-corrected chi connectivity index (χ4v) is 3.94. The summed E-state index contributed by atoms with van der Waals surface area (Å²) in [7, 11) is 4.23. The van der Waals surface area contributed by atoms with E-state index in [2.05, 4.69) is 84.1 Å². The van der Waals surface area contributed by atoms with Gasteiger partial charge in [-0.2, -0.15) is 0 Å². The van der Waals surface area contributed by atoms with E-state index in [1.165, 1.54) is 43.7 Å². The molecule has 112 valence electrons. The normalized spacial score (nSPS) is 12.5. The van der Waals surface area contributed by atoms with Gasteiger partial charge in [0.1, 0.15) is 0 Å². The Balaban J connectivity index is 1.99. The molecule has 2 heteroatoms. The Labute approximate surface area is 134 Å². The summed E-state index contributed by atoms with van der Waals surface area (Å²) in [5, 5.41) is 5.40. The van der Waals surface area contributed by atoms with Crippen LogP contribution in [0.25, 0.3) is 38.1 Å². The molecule has 0 atom stereocenters. The Bertz CT molecular complexity index is 1160. The minimum absolute atomic E-state index is 0.971. The van der Waals surface area contributed by atoms with E-state index in [1.54, 1.807) is 0 Å². The lowest BCUT2D eigenvalue weighted by atomic mass is 10.1. The lowest BCUT2D eigenvalue weighted by Gasteiger charge is -2.09. The van der Waals surface area contributed by atoms with Crippen molar-refractivity contribution in [1.29, 1.82) is 0 Å². The Hall–Kier alpha value is -2.58. The molecule has 3 aromatic carbocycles. The van der Waals surface area contributed by atoms with Gasteiger partial charge in [-0.1, -0.05) is 42.5 Å². The molecule has 0 saturated carbocycles. The molecule has 5 aromatic rings. The maximum absolute atomic E-state index is 2.43. The van der Waals surface area contributed by atoms with Gasteiger partial charge in [-0.15, -0.1) is 0 Å². The predicted molar refractivity (Wildman–Crippen MR) is 98.5 cm³/mol. The molecule has 0 aliphatic rings. The molecule has 0 spiro atoms. The van der Waals surface area contributed by atoms with Crippen molar-refractivity contribution in [3.05, 3.63) is 66.2 Å². The first-order valence-electron chi connectivity index (χ1n) is 8.04. The van der Waals surface area contributed by atoms with Gasteiger partial charge in [0.05, 0.1) is 16.6 Å². The van der Waals surface area contributed by atoms with Crippen LogP contribution in [0.5, 0.6) is 0 Å². The first kappa shape index (κ1) is 12.9. The molecule has 2 aromatic heterocycles. The van der Waals surface area contributed by atoms with E-state index in [1.807, 2.05) is 0 Å². The van der Waals surface area contributed by atoms with Crippen LogP contribution < -0.4 is 0 Å². The third-order valence-electron chi connectivity index (χ3n) is 4.79. The van der Waals surface area contributed by atoms with Gasteiger partial charge in [0.25, 0.3) is 0 Å². The summed E-state index contributed by atoms with van der Waals surface area (Å²) in [5.74, 6) is 0. The molecular formula is C21H18N2. The molecule has 0 aliphatic carbocycles. The largest absolute Gasteiger partial charge is 0.308 e. The average molecular weight is 298 g/mol. The third-order valence-corrected chi connectivity index (χ3v) is 4.79. The Kier molecular flexibility index (Phi) is 2.51. The molecule has 2 nitrogen and oxygen atoms in total. The van der Waals surface area contributed by atoms with Crippen LogP contribution in [0.3, 0.4) is 0 Å². The van der Waals surface area contributed by atoms with E-state index in [9.17, 15) is 0 Å². The molecule has 23 heavy (non-hydrogen) atoms. The molecular weight excluding hydrogens is 280 g/mol. The van der Waals surface area contributed by atoms with E-state index in [0.717, 1.165) is 6.54 Å². The summed E-state index contributed by atoms with van der Waals surface area (Å²) in [4.78, 5) is 2.22. The zero-order chi connectivity index (χ0) is 15.6. The second-order valence-electron chi connectivity index (χ2n) is 6.64. The zero-order valence-electron chi connectivity index (χ0n) is 13.4. The van der Waals surface area contributed by atoms with E-state index in [4.69, 9.17) is 0 Å². The molecule has 0 fully saturated rings. The number of fused-ring (bicyclic) bond motifs is 6. The maximum Gasteiger partial charge on any atom is 0.0620 e. The fourth-order valence-electron chi connectivity index (χ4n) is 3.94. The topological polar surface area (TPSA) is 7.65 Å². The van der Waals surface area contributed by atoms with Crippen LogP contribution in [0.4, 0.5) is 0 Å². The van der Waals surface area contributed by atoms with E-state index in [0.29, 0.717) is 0 Å². The minimum Gasteiger partial charge on any atom is -0.308 e. The SMILES string of the molecule is CN(C)Cc1ccc2c(c1)c1cccc3c4ccccc4n2c31. The quantitative estimate of drug-likeness (QED) is 0.450. The van der Waals surface area contributed by atoms with Crippen LogP contribution >= 0.6 is 0 Å². The molecule has 0 unspecified atom stereocenters. The summed E-state index contributed by atoms with van der Waals surface area (Å²) >= 11 is 0. The molecule has 0 bridgehead atoms. The molecule has 2 heterocycles. The maximum atomic E-state index is 2.43. The molecule has 0 radical (unpaired) electrons. The van der Waals surface area contributed by atoms with Crippen molar-refractivity contribution in [3.63, 3.8) is 0 Å². The van der Waals surface area contributed by atoms with Gasteiger partial charge < -0.3 is 9.30 Å². The molecule has 0 aliphatic heterocycles. The summed E-state index contributed by atoms with van der Waals surface area (Å²) in [6.07, 6.45) is 0. The lowest BCUT2D eigenvalue weighted by molar-refractivity contribution is 0.403. The van der Waals surface area contributed by atoms with Gasteiger partial charge in [-0.25, -0.2) is 0 Å². The van der Waals surface area contributed by atoms with Crippen molar-refractivity contribution in [2.24, 2.45) is 0 Å². The zero-order valence-corrected chi connectivity index (χ0v) is 13.4. The average Bonchev–Trinajstić information content (AvgIpc) is 3.06. The van der Waals surface area contributed by atoms with E-state index in [-0.39, 0.29) is 0 Å². The monoisotopic (exact) mass is 298 g/mol. The number of benzene rings is 3. The van der Waals surface area contributed by atoms with Crippen molar-refractivity contribution in [2.45, 2.75) is 6.54 Å².